The van der Waals surface area contributed by atoms with Crippen LogP contribution in [0.25, 0.3) is 0 Å². The molecule has 3 N–H and O–H groups in total. The van der Waals surface area contributed by atoms with Gasteiger partial charge in [-0.05, 0) is 61.7 Å². The van der Waals surface area contributed by atoms with Gasteiger partial charge in [0.05, 0.1) is 12.0 Å². The predicted molar refractivity (Wildman–Crippen MR) is 105 cm³/mol. The molecule has 0 fully saturated rings. The molecule has 1 aromatic heterocycles. The number of rotatable bonds is 3. The third kappa shape index (κ3) is 4.70. The first-order valence-electron chi connectivity index (χ1n) is 8.28. The third-order valence-electron chi connectivity index (χ3n) is 4.09. The smallest absolute Gasteiger partial charge is 0.279 e. The average Bonchev–Trinajstić information content (AvgIpc) is 2.90. The van der Waals surface area contributed by atoms with Crippen LogP contribution in [0, 0.1) is 0 Å². The number of nitrogens with one attached hydrogen (secondary N) is 3. The second kappa shape index (κ2) is 8.31. The Morgan fingerprint density at radius 1 is 1.16 bits per heavy atom. The van der Waals surface area contributed by atoms with E-state index in [0.717, 1.165) is 29.2 Å². The highest BCUT2D eigenvalue weighted by atomic mass is 32.1. The van der Waals surface area contributed by atoms with Crippen molar-refractivity contribution < 1.29 is 9.53 Å². The van der Waals surface area contributed by atoms with Crippen LogP contribution in [-0.4, -0.2) is 18.1 Å². The van der Waals surface area contributed by atoms with Gasteiger partial charge in [0.15, 0.2) is 5.11 Å². The summed E-state index contributed by atoms with van der Waals surface area (Å²) in [6.07, 6.45) is 5.84. The fourth-order valence-corrected chi connectivity index (χ4v) is 4.14. The van der Waals surface area contributed by atoms with Crippen molar-refractivity contribution in [2.75, 3.05) is 12.4 Å². The molecule has 1 aliphatic rings. The van der Waals surface area contributed by atoms with Gasteiger partial charge in [-0.15, -0.1) is 11.3 Å². The lowest BCUT2D eigenvalue weighted by Crippen LogP contribution is -2.43. The first-order chi connectivity index (χ1) is 12.2. The summed E-state index contributed by atoms with van der Waals surface area (Å²) in [4.78, 5) is 14.4. The van der Waals surface area contributed by atoms with Crippen molar-refractivity contribution in [3.63, 3.8) is 0 Å². The van der Waals surface area contributed by atoms with E-state index in [0.29, 0.717) is 5.11 Å². The Bertz CT molecular complexity index is 750. The second-order valence-corrected chi connectivity index (χ2v) is 7.43. The maximum absolute atomic E-state index is 12.3. The Hall–Kier alpha value is -2.12. The van der Waals surface area contributed by atoms with Gasteiger partial charge < -0.3 is 10.1 Å². The molecule has 132 valence electrons. The van der Waals surface area contributed by atoms with Crippen LogP contribution in [0.15, 0.2) is 30.3 Å². The van der Waals surface area contributed by atoms with Crippen LogP contribution in [0.5, 0.6) is 5.75 Å². The van der Waals surface area contributed by atoms with Crippen molar-refractivity contribution >= 4 is 40.3 Å². The monoisotopic (exact) mass is 375 g/mol. The quantitative estimate of drug-likeness (QED) is 0.434. The molecule has 0 saturated heterocycles. The van der Waals surface area contributed by atoms with Crippen molar-refractivity contribution in [3.8, 4) is 5.75 Å². The Balaban J connectivity index is 1.54. The highest BCUT2D eigenvalue weighted by Crippen LogP contribution is 2.28. The minimum atomic E-state index is -0.159. The number of anilines is 1. The minimum absolute atomic E-state index is 0.159. The summed E-state index contributed by atoms with van der Waals surface area (Å²) in [5.41, 5.74) is 7.51. The maximum Gasteiger partial charge on any atom is 0.279 e. The number of hydrogen-bond donors (Lipinski definition) is 3. The van der Waals surface area contributed by atoms with Gasteiger partial charge in [-0.25, -0.2) is 0 Å². The van der Waals surface area contributed by atoms with Gasteiger partial charge in [-0.1, -0.05) is 12.5 Å². The first kappa shape index (κ1) is 17.7. The zero-order valence-corrected chi connectivity index (χ0v) is 15.7. The largest absolute Gasteiger partial charge is 0.497 e. The Labute approximate surface area is 156 Å². The molecule has 0 aliphatic heterocycles. The number of benzene rings is 1. The molecular weight excluding hydrogens is 354 g/mol. The van der Waals surface area contributed by atoms with Gasteiger partial charge in [-0.3, -0.25) is 15.6 Å². The first-order valence-corrected chi connectivity index (χ1v) is 9.51. The molecule has 2 aromatic rings. The van der Waals surface area contributed by atoms with Crippen molar-refractivity contribution in [1.29, 1.82) is 0 Å². The van der Waals surface area contributed by atoms with E-state index in [9.17, 15) is 4.79 Å². The van der Waals surface area contributed by atoms with Crippen molar-refractivity contribution in [2.45, 2.75) is 32.1 Å². The fraction of sp³-hybridized carbons (Fsp3) is 0.333. The molecule has 5 nitrogen and oxygen atoms in total. The third-order valence-corrected chi connectivity index (χ3v) is 5.53. The zero-order valence-electron chi connectivity index (χ0n) is 14.1. The van der Waals surface area contributed by atoms with Crippen molar-refractivity contribution in [1.82, 2.24) is 10.9 Å². The maximum atomic E-state index is 12.3. The number of fused-ring (bicyclic) bond motifs is 1. The summed E-state index contributed by atoms with van der Waals surface area (Å²) >= 11 is 6.80. The number of aryl methyl sites for hydroxylation is 2. The summed E-state index contributed by atoms with van der Waals surface area (Å²) < 4.78 is 5.17. The number of carbonyl (C=O) groups is 1. The molecule has 1 aromatic carbocycles. The molecule has 1 heterocycles. The summed E-state index contributed by atoms with van der Waals surface area (Å²) in [5, 5.41) is 3.33. The molecule has 1 aliphatic carbocycles. The van der Waals surface area contributed by atoms with Gasteiger partial charge >= 0.3 is 0 Å². The summed E-state index contributed by atoms with van der Waals surface area (Å²) in [5.74, 6) is 0.574. The Morgan fingerprint density at radius 3 is 2.84 bits per heavy atom. The Kier molecular flexibility index (Phi) is 5.88. The van der Waals surface area contributed by atoms with Gasteiger partial charge in [0.1, 0.15) is 5.75 Å². The predicted octanol–water partition coefficient (Wildman–Crippen LogP) is 3.66. The van der Waals surface area contributed by atoms with Crippen molar-refractivity contribution in [3.05, 3.63) is 45.6 Å². The van der Waals surface area contributed by atoms with Crippen LogP contribution >= 0.6 is 23.6 Å². The lowest BCUT2D eigenvalue weighted by molar-refractivity contribution is 0.0948. The SMILES string of the molecule is COc1cccc(NC(=S)NNC(=O)c2cc3c(s2)CCCCC3)c1. The number of hydrogen-bond acceptors (Lipinski definition) is 4. The van der Waals surface area contributed by atoms with Crippen LogP contribution in [-0.2, 0) is 12.8 Å². The van der Waals surface area contributed by atoms with Gasteiger partial charge in [0, 0.05) is 16.6 Å². The molecule has 0 saturated carbocycles. The topological polar surface area (TPSA) is 62.4 Å². The second-order valence-electron chi connectivity index (χ2n) is 5.88. The summed E-state index contributed by atoms with van der Waals surface area (Å²) in [6.45, 7) is 0. The van der Waals surface area contributed by atoms with Crippen LogP contribution in [0.3, 0.4) is 0 Å². The minimum Gasteiger partial charge on any atom is -0.497 e. The van der Waals surface area contributed by atoms with E-state index in [1.54, 1.807) is 18.4 Å². The Morgan fingerprint density at radius 2 is 2.00 bits per heavy atom. The van der Waals surface area contributed by atoms with Crippen LogP contribution in [0.4, 0.5) is 5.69 Å². The molecule has 1 amide bonds. The van der Waals surface area contributed by atoms with E-state index < -0.39 is 0 Å². The van der Waals surface area contributed by atoms with Crippen molar-refractivity contribution in [2.24, 2.45) is 0 Å². The molecule has 0 unspecified atom stereocenters. The highest BCUT2D eigenvalue weighted by Gasteiger charge is 2.16. The van der Waals surface area contributed by atoms with E-state index in [-0.39, 0.29) is 5.91 Å². The zero-order chi connectivity index (χ0) is 17.6. The van der Waals surface area contributed by atoms with E-state index in [4.69, 9.17) is 17.0 Å². The van der Waals surface area contributed by atoms with E-state index in [1.165, 1.54) is 29.7 Å². The molecule has 0 atom stereocenters. The lowest BCUT2D eigenvalue weighted by Gasteiger charge is -2.11. The van der Waals surface area contributed by atoms with Gasteiger partial charge in [0.2, 0.25) is 0 Å². The molecule has 7 heteroatoms. The average molecular weight is 376 g/mol. The lowest BCUT2D eigenvalue weighted by atomic mass is 10.1. The van der Waals surface area contributed by atoms with E-state index in [1.807, 2.05) is 30.3 Å². The number of thiophene rings is 1. The molecule has 25 heavy (non-hydrogen) atoms. The van der Waals surface area contributed by atoms with Gasteiger partial charge in [-0.2, -0.15) is 0 Å². The molecule has 0 bridgehead atoms. The van der Waals surface area contributed by atoms with Crippen LogP contribution < -0.4 is 20.9 Å². The van der Waals surface area contributed by atoms with Crippen LogP contribution in [0.1, 0.15) is 39.4 Å². The van der Waals surface area contributed by atoms with E-state index in [2.05, 4.69) is 16.2 Å². The van der Waals surface area contributed by atoms with E-state index >= 15 is 0 Å². The normalized spacial score (nSPS) is 13.3. The molecule has 0 radical (unpaired) electrons. The molecule has 3 rings (SSSR count). The number of carbonyl (C=O) groups excluding carboxylic acids is 1. The number of ether oxygens (including phenoxy) is 1. The molecule has 0 spiro atoms. The van der Waals surface area contributed by atoms with Crippen LogP contribution in [0.2, 0.25) is 0 Å². The summed E-state index contributed by atoms with van der Waals surface area (Å²) in [7, 11) is 1.61. The summed E-state index contributed by atoms with van der Waals surface area (Å²) in [6, 6.07) is 9.42. The fourth-order valence-electron chi connectivity index (χ4n) is 2.82. The molecular formula is C18H21N3O2S2. The van der Waals surface area contributed by atoms with Gasteiger partial charge in [0.25, 0.3) is 5.91 Å². The number of amides is 1. The number of thiocarbonyl (C=S) groups is 1. The highest BCUT2D eigenvalue weighted by molar-refractivity contribution is 7.80. The standard InChI is InChI=1S/C18H21N3O2S2/c1-23-14-8-5-7-13(11-14)19-18(24)21-20-17(22)16-10-12-6-3-2-4-9-15(12)25-16/h5,7-8,10-11H,2-4,6,9H2,1H3,(H,20,22)(H2,19,21,24). The number of hydrazine groups is 1. The number of methoxy groups -OCH3 is 1.